The van der Waals surface area contributed by atoms with Gasteiger partial charge in [0.25, 0.3) is 0 Å². The molecule has 0 radical (unpaired) electrons. The van der Waals surface area contributed by atoms with Gasteiger partial charge in [0, 0.05) is 18.9 Å². The predicted octanol–water partition coefficient (Wildman–Crippen LogP) is 5.17. The van der Waals surface area contributed by atoms with Crippen LogP contribution in [0.3, 0.4) is 0 Å². The van der Waals surface area contributed by atoms with Crippen LogP contribution in [0.1, 0.15) is 44.7 Å². The highest BCUT2D eigenvalue weighted by molar-refractivity contribution is 5.58. The van der Waals surface area contributed by atoms with E-state index in [2.05, 4.69) is 23.8 Å². The topological polar surface area (TPSA) is 38.2 Å². The van der Waals surface area contributed by atoms with Crippen LogP contribution in [-0.4, -0.2) is 23.1 Å². The minimum Gasteiger partial charge on any atom is -0.474 e. The molecular weight excluding hydrogens is 331 g/mol. The third-order valence-corrected chi connectivity index (χ3v) is 3.62. The Morgan fingerprint density at radius 3 is 2.36 bits per heavy atom. The van der Waals surface area contributed by atoms with Crippen molar-refractivity contribution in [1.29, 1.82) is 0 Å². The fourth-order valence-electron chi connectivity index (χ4n) is 2.23. The average molecular weight is 353 g/mol. The van der Waals surface area contributed by atoms with E-state index in [1.807, 2.05) is 24.3 Å². The van der Waals surface area contributed by atoms with Gasteiger partial charge >= 0.3 is 6.18 Å². The summed E-state index contributed by atoms with van der Waals surface area (Å²) in [4.78, 5) is 9.52. The molecule has 2 aromatic rings. The summed E-state index contributed by atoms with van der Waals surface area (Å²) in [5, 5.41) is 0. The Morgan fingerprint density at radius 1 is 1.12 bits per heavy atom. The number of hydrogen-bond acceptors (Lipinski definition) is 4. The number of aromatic nitrogens is 2. The first-order valence-corrected chi connectivity index (χ1v) is 8.04. The number of anilines is 2. The first-order chi connectivity index (χ1) is 11.6. The van der Waals surface area contributed by atoms with Gasteiger partial charge in [0.2, 0.25) is 11.8 Å². The van der Waals surface area contributed by atoms with E-state index >= 15 is 0 Å². The molecule has 0 saturated heterocycles. The maximum absolute atomic E-state index is 13.1. The first kappa shape index (κ1) is 19.0. The van der Waals surface area contributed by atoms with Gasteiger partial charge in [0.15, 0.2) is 0 Å². The second-order valence-corrected chi connectivity index (χ2v) is 6.36. The van der Waals surface area contributed by atoms with Gasteiger partial charge in [-0.15, -0.1) is 0 Å². The van der Waals surface area contributed by atoms with E-state index in [1.54, 1.807) is 25.8 Å². The minimum atomic E-state index is -4.57. The fourth-order valence-corrected chi connectivity index (χ4v) is 2.23. The number of benzene rings is 1. The molecule has 0 unspecified atom stereocenters. The Hall–Kier alpha value is -2.31. The molecule has 1 heterocycles. The van der Waals surface area contributed by atoms with Crippen LogP contribution in [0.15, 0.2) is 30.5 Å². The van der Waals surface area contributed by atoms with Gasteiger partial charge in [-0.05, 0) is 37.5 Å². The molecule has 136 valence electrons. The van der Waals surface area contributed by atoms with Gasteiger partial charge < -0.3 is 9.64 Å². The number of hydrogen-bond donors (Lipinski definition) is 0. The molecule has 0 aliphatic rings. The predicted molar refractivity (Wildman–Crippen MR) is 91.4 cm³/mol. The van der Waals surface area contributed by atoms with Crippen molar-refractivity contribution in [2.24, 2.45) is 0 Å². The van der Waals surface area contributed by atoms with Crippen LogP contribution < -0.4 is 9.64 Å². The summed E-state index contributed by atoms with van der Waals surface area (Å²) in [6.45, 7) is 7.44. The van der Waals surface area contributed by atoms with Crippen LogP contribution in [0.5, 0.6) is 5.88 Å². The second kappa shape index (κ2) is 7.29. The van der Waals surface area contributed by atoms with Gasteiger partial charge in [-0.3, -0.25) is 0 Å². The zero-order valence-corrected chi connectivity index (χ0v) is 14.9. The Bertz CT molecular complexity index is 730. The summed E-state index contributed by atoms with van der Waals surface area (Å²) in [5.41, 5.74) is 0.936. The summed E-state index contributed by atoms with van der Waals surface area (Å²) in [7, 11) is 1.71. The molecule has 25 heavy (non-hydrogen) atoms. The highest BCUT2D eigenvalue weighted by Crippen LogP contribution is 2.36. The lowest BCUT2D eigenvalue weighted by Gasteiger charge is -2.21. The SMILES string of the molecule is CC(C)Oc1nc(N(C)c2cccc(C(C)C)c2)ncc1C(F)(F)F. The molecule has 0 amide bonds. The van der Waals surface area contributed by atoms with E-state index in [-0.39, 0.29) is 5.95 Å². The number of nitrogens with zero attached hydrogens (tertiary/aromatic N) is 3. The molecule has 0 N–H and O–H groups in total. The smallest absolute Gasteiger partial charge is 0.423 e. The monoisotopic (exact) mass is 353 g/mol. The fraction of sp³-hybridized carbons (Fsp3) is 0.444. The molecule has 4 nitrogen and oxygen atoms in total. The van der Waals surface area contributed by atoms with E-state index < -0.39 is 23.7 Å². The van der Waals surface area contributed by atoms with Crippen molar-refractivity contribution in [2.75, 3.05) is 11.9 Å². The Morgan fingerprint density at radius 2 is 1.80 bits per heavy atom. The van der Waals surface area contributed by atoms with Gasteiger partial charge in [-0.1, -0.05) is 26.0 Å². The first-order valence-electron chi connectivity index (χ1n) is 8.04. The van der Waals surface area contributed by atoms with Crippen LogP contribution in [0, 0.1) is 0 Å². The summed E-state index contributed by atoms with van der Waals surface area (Å²) in [6.07, 6.45) is -4.24. The van der Waals surface area contributed by atoms with Crippen LogP contribution in [0.4, 0.5) is 24.8 Å². The number of rotatable bonds is 5. The van der Waals surface area contributed by atoms with Crippen molar-refractivity contribution < 1.29 is 17.9 Å². The van der Waals surface area contributed by atoms with Crippen molar-refractivity contribution >= 4 is 11.6 Å². The molecule has 0 aliphatic heterocycles. The normalized spacial score (nSPS) is 11.9. The Balaban J connectivity index is 2.43. The molecule has 0 atom stereocenters. The maximum Gasteiger partial charge on any atom is 0.423 e. The third kappa shape index (κ3) is 4.61. The van der Waals surface area contributed by atoms with Crippen LogP contribution in [0.2, 0.25) is 0 Å². The summed E-state index contributed by atoms with van der Waals surface area (Å²) in [6, 6.07) is 7.73. The van der Waals surface area contributed by atoms with Crippen molar-refractivity contribution in [3.63, 3.8) is 0 Å². The largest absolute Gasteiger partial charge is 0.474 e. The van der Waals surface area contributed by atoms with E-state index in [9.17, 15) is 13.2 Å². The Kier molecular flexibility index (Phi) is 5.55. The summed E-state index contributed by atoms with van der Waals surface area (Å²) in [5.74, 6) is 0.0191. The van der Waals surface area contributed by atoms with E-state index in [1.165, 1.54) is 0 Å². The lowest BCUT2D eigenvalue weighted by molar-refractivity contribution is -0.139. The number of ether oxygens (including phenoxy) is 1. The van der Waals surface area contributed by atoms with Crippen LogP contribution in [-0.2, 0) is 6.18 Å². The van der Waals surface area contributed by atoms with Crippen molar-refractivity contribution in [3.8, 4) is 5.88 Å². The van der Waals surface area contributed by atoms with E-state index in [4.69, 9.17) is 4.74 Å². The molecule has 1 aromatic carbocycles. The van der Waals surface area contributed by atoms with Gasteiger partial charge in [0.1, 0.15) is 5.56 Å². The molecular formula is C18H22F3N3O. The number of alkyl halides is 3. The molecule has 0 spiro atoms. The van der Waals surface area contributed by atoms with Crippen LogP contribution in [0.25, 0.3) is 0 Å². The van der Waals surface area contributed by atoms with E-state index in [0.717, 1.165) is 17.4 Å². The molecule has 0 bridgehead atoms. The van der Waals surface area contributed by atoms with Gasteiger partial charge in [-0.25, -0.2) is 4.98 Å². The van der Waals surface area contributed by atoms with Gasteiger partial charge in [-0.2, -0.15) is 18.2 Å². The molecule has 0 fully saturated rings. The van der Waals surface area contributed by atoms with Crippen molar-refractivity contribution in [3.05, 3.63) is 41.6 Å². The highest BCUT2D eigenvalue weighted by Gasteiger charge is 2.36. The van der Waals surface area contributed by atoms with Gasteiger partial charge in [0.05, 0.1) is 6.10 Å². The zero-order valence-electron chi connectivity index (χ0n) is 14.9. The second-order valence-electron chi connectivity index (χ2n) is 6.36. The van der Waals surface area contributed by atoms with E-state index in [0.29, 0.717) is 5.92 Å². The molecule has 0 saturated carbocycles. The maximum atomic E-state index is 13.1. The average Bonchev–Trinajstić information content (AvgIpc) is 2.52. The van der Waals surface area contributed by atoms with Crippen LogP contribution >= 0.6 is 0 Å². The molecule has 0 aliphatic carbocycles. The molecule has 2 rings (SSSR count). The molecule has 7 heteroatoms. The van der Waals surface area contributed by atoms with Crippen molar-refractivity contribution in [2.45, 2.75) is 45.9 Å². The molecule has 1 aromatic heterocycles. The zero-order chi connectivity index (χ0) is 18.8. The lowest BCUT2D eigenvalue weighted by Crippen LogP contribution is -2.19. The quantitative estimate of drug-likeness (QED) is 0.743. The highest BCUT2D eigenvalue weighted by atomic mass is 19.4. The lowest BCUT2D eigenvalue weighted by atomic mass is 10.0. The summed E-state index contributed by atoms with van der Waals surface area (Å²) >= 11 is 0. The third-order valence-electron chi connectivity index (χ3n) is 3.62. The number of halogens is 3. The standard InChI is InChI=1S/C18H22F3N3O/c1-11(2)13-7-6-8-14(9-13)24(5)17-22-10-15(18(19,20)21)16(23-17)25-12(3)4/h6-12H,1-5H3. The van der Waals surface area contributed by atoms with Crippen molar-refractivity contribution in [1.82, 2.24) is 9.97 Å². The minimum absolute atomic E-state index is 0.143. The Labute approximate surface area is 145 Å². The summed E-state index contributed by atoms with van der Waals surface area (Å²) < 4.78 is 44.6.